The molecule has 0 bridgehead atoms. The van der Waals surface area contributed by atoms with Crippen LogP contribution >= 0.6 is 0 Å². The number of hydrogen-bond donors (Lipinski definition) is 3. The predicted octanol–water partition coefficient (Wildman–Crippen LogP) is -0.497. The molecule has 1 saturated heterocycles. The third-order valence-corrected chi connectivity index (χ3v) is 1.88. The van der Waals surface area contributed by atoms with Crippen molar-refractivity contribution in [2.24, 2.45) is 0 Å². The van der Waals surface area contributed by atoms with Gasteiger partial charge in [-0.15, -0.1) is 0 Å². The Hall–Kier alpha value is -1.03. The van der Waals surface area contributed by atoms with Crippen LogP contribution in [0.25, 0.3) is 0 Å². The lowest BCUT2D eigenvalue weighted by molar-refractivity contribution is 0.191. The Balaban J connectivity index is 2.16. The molecule has 2 aliphatic heterocycles. The van der Waals surface area contributed by atoms with Gasteiger partial charge in [0.15, 0.2) is 0 Å². The molecule has 0 aromatic heterocycles. The van der Waals surface area contributed by atoms with Gasteiger partial charge in [0.05, 0.1) is 0 Å². The number of carbonyl (C=O) groups excluding carboxylic acids is 1. The highest BCUT2D eigenvalue weighted by molar-refractivity contribution is 5.77. The zero-order chi connectivity index (χ0) is 7.03. The standard InChI is InChI=1S/C6H9N3O/c10-5-7-3-1-6(9-5)2-4-8-6/h1,3,8H,2,4H2,(H2,7,9,10). The fraction of sp³-hybridized carbons (Fsp3) is 0.500. The highest BCUT2D eigenvalue weighted by atomic mass is 16.2. The third-order valence-electron chi connectivity index (χ3n) is 1.88. The maximum absolute atomic E-state index is 10.8. The molecule has 0 radical (unpaired) electrons. The monoisotopic (exact) mass is 139 g/mol. The summed E-state index contributed by atoms with van der Waals surface area (Å²) in [6, 6.07) is -0.130. The van der Waals surface area contributed by atoms with Gasteiger partial charge >= 0.3 is 6.03 Å². The van der Waals surface area contributed by atoms with Crippen LogP contribution in [-0.4, -0.2) is 18.2 Å². The Morgan fingerprint density at radius 3 is 2.80 bits per heavy atom. The van der Waals surface area contributed by atoms with Gasteiger partial charge in [-0.3, -0.25) is 5.32 Å². The van der Waals surface area contributed by atoms with E-state index in [-0.39, 0.29) is 11.7 Å². The average Bonchev–Trinajstić information content (AvgIpc) is 1.85. The number of carbonyl (C=O) groups is 1. The molecule has 2 rings (SSSR count). The Morgan fingerprint density at radius 1 is 1.60 bits per heavy atom. The molecule has 0 aromatic rings. The van der Waals surface area contributed by atoms with Crippen LogP contribution < -0.4 is 16.0 Å². The van der Waals surface area contributed by atoms with Crippen LogP contribution in [0.3, 0.4) is 0 Å². The van der Waals surface area contributed by atoms with E-state index < -0.39 is 0 Å². The van der Waals surface area contributed by atoms with Crippen LogP contribution in [0.2, 0.25) is 0 Å². The number of nitrogens with one attached hydrogen (secondary N) is 3. The molecule has 4 nitrogen and oxygen atoms in total. The van der Waals surface area contributed by atoms with E-state index in [1.54, 1.807) is 6.20 Å². The Bertz CT molecular complexity index is 195. The molecule has 4 heteroatoms. The van der Waals surface area contributed by atoms with Crippen molar-refractivity contribution >= 4 is 6.03 Å². The van der Waals surface area contributed by atoms with Gasteiger partial charge in [-0.1, -0.05) is 0 Å². The summed E-state index contributed by atoms with van der Waals surface area (Å²) >= 11 is 0. The van der Waals surface area contributed by atoms with Crippen molar-refractivity contribution in [3.05, 3.63) is 12.3 Å². The first-order chi connectivity index (χ1) is 4.81. The summed E-state index contributed by atoms with van der Waals surface area (Å²) in [7, 11) is 0. The largest absolute Gasteiger partial charge is 0.320 e. The van der Waals surface area contributed by atoms with E-state index in [4.69, 9.17) is 0 Å². The second-order valence-corrected chi connectivity index (χ2v) is 2.58. The van der Waals surface area contributed by atoms with Crippen LogP contribution in [0.1, 0.15) is 6.42 Å². The minimum Gasteiger partial charge on any atom is -0.316 e. The predicted molar refractivity (Wildman–Crippen MR) is 36.2 cm³/mol. The quantitative estimate of drug-likeness (QED) is 0.424. The zero-order valence-electron chi connectivity index (χ0n) is 5.48. The minimum absolute atomic E-state index is 0.130. The lowest BCUT2D eigenvalue weighted by atomic mass is 9.97. The molecular weight excluding hydrogens is 130 g/mol. The summed E-state index contributed by atoms with van der Waals surface area (Å²) < 4.78 is 0. The molecule has 0 saturated carbocycles. The van der Waals surface area contributed by atoms with Gasteiger partial charge in [0.2, 0.25) is 0 Å². The molecule has 54 valence electrons. The maximum Gasteiger partial charge on any atom is 0.320 e. The van der Waals surface area contributed by atoms with Gasteiger partial charge in [0.25, 0.3) is 0 Å². The average molecular weight is 139 g/mol. The molecule has 1 spiro atoms. The molecule has 3 N–H and O–H groups in total. The van der Waals surface area contributed by atoms with E-state index in [0.29, 0.717) is 0 Å². The van der Waals surface area contributed by atoms with E-state index in [1.807, 2.05) is 6.08 Å². The first kappa shape index (κ1) is 5.73. The molecule has 1 fully saturated rings. The molecule has 2 heterocycles. The SMILES string of the molecule is O=C1NC=CC2(CCN2)N1. The number of hydrogen-bond acceptors (Lipinski definition) is 2. The summed E-state index contributed by atoms with van der Waals surface area (Å²) in [5.41, 5.74) is -0.220. The first-order valence-electron chi connectivity index (χ1n) is 3.32. The van der Waals surface area contributed by atoms with Crippen LogP contribution in [0.15, 0.2) is 12.3 Å². The second kappa shape index (κ2) is 1.73. The maximum atomic E-state index is 10.8. The Labute approximate surface area is 58.7 Å². The van der Waals surface area contributed by atoms with Crippen molar-refractivity contribution in [2.45, 2.75) is 12.1 Å². The van der Waals surface area contributed by atoms with Crippen LogP contribution in [0.5, 0.6) is 0 Å². The van der Waals surface area contributed by atoms with Gasteiger partial charge in [-0.25, -0.2) is 4.79 Å². The van der Waals surface area contributed by atoms with E-state index in [0.717, 1.165) is 13.0 Å². The van der Waals surface area contributed by atoms with Crippen LogP contribution in [0, 0.1) is 0 Å². The van der Waals surface area contributed by atoms with E-state index in [1.165, 1.54) is 0 Å². The van der Waals surface area contributed by atoms with Gasteiger partial charge in [-0.05, 0) is 6.08 Å². The lowest BCUT2D eigenvalue weighted by Gasteiger charge is -2.42. The highest BCUT2D eigenvalue weighted by Crippen LogP contribution is 2.17. The summed E-state index contributed by atoms with van der Waals surface area (Å²) in [5.74, 6) is 0. The normalized spacial score (nSPS) is 36.6. The van der Waals surface area contributed by atoms with E-state index in [2.05, 4.69) is 16.0 Å². The van der Waals surface area contributed by atoms with Gasteiger partial charge in [0.1, 0.15) is 5.66 Å². The van der Waals surface area contributed by atoms with Gasteiger partial charge in [0, 0.05) is 19.2 Å². The van der Waals surface area contributed by atoms with Gasteiger partial charge in [-0.2, -0.15) is 0 Å². The van der Waals surface area contributed by atoms with Crippen molar-refractivity contribution in [1.82, 2.24) is 16.0 Å². The summed E-state index contributed by atoms with van der Waals surface area (Å²) in [6.07, 6.45) is 4.58. The van der Waals surface area contributed by atoms with Crippen molar-refractivity contribution in [3.8, 4) is 0 Å². The van der Waals surface area contributed by atoms with Crippen molar-refractivity contribution in [3.63, 3.8) is 0 Å². The molecule has 1 atom stereocenters. The molecule has 0 aliphatic carbocycles. The topological polar surface area (TPSA) is 53.2 Å². The lowest BCUT2D eigenvalue weighted by Crippen LogP contribution is -2.69. The van der Waals surface area contributed by atoms with E-state index >= 15 is 0 Å². The molecule has 0 aromatic carbocycles. The molecule has 2 aliphatic rings. The number of urea groups is 1. The Morgan fingerprint density at radius 2 is 2.40 bits per heavy atom. The van der Waals surface area contributed by atoms with Crippen LogP contribution in [-0.2, 0) is 0 Å². The van der Waals surface area contributed by atoms with Crippen molar-refractivity contribution < 1.29 is 4.79 Å². The minimum atomic E-state index is -0.220. The highest BCUT2D eigenvalue weighted by Gasteiger charge is 2.36. The fourth-order valence-corrected chi connectivity index (χ4v) is 1.18. The van der Waals surface area contributed by atoms with Crippen molar-refractivity contribution in [2.75, 3.05) is 6.54 Å². The third kappa shape index (κ3) is 0.690. The summed E-state index contributed by atoms with van der Waals surface area (Å²) in [5, 5.41) is 8.45. The van der Waals surface area contributed by atoms with Gasteiger partial charge < -0.3 is 10.6 Å². The Kier molecular flexibility index (Phi) is 0.990. The molecule has 2 amide bonds. The second-order valence-electron chi connectivity index (χ2n) is 2.58. The molecule has 10 heavy (non-hydrogen) atoms. The zero-order valence-corrected chi connectivity index (χ0v) is 5.48. The first-order valence-corrected chi connectivity index (χ1v) is 3.32. The fourth-order valence-electron chi connectivity index (χ4n) is 1.18. The summed E-state index contributed by atoms with van der Waals surface area (Å²) in [6.45, 7) is 0.977. The molecular formula is C6H9N3O. The number of amides is 2. The van der Waals surface area contributed by atoms with Crippen molar-refractivity contribution in [1.29, 1.82) is 0 Å². The number of rotatable bonds is 0. The smallest absolute Gasteiger partial charge is 0.316 e. The molecule has 1 unspecified atom stereocenters. The van der Waals surface area contributed by atoms with E-state index in [9.17, 15) is 4.79 Å². The van der Waals surface area contributed by atoms with Crippen LogP contribution in [0.4, 0.5) is 4.79 Å². The summed E-state index contributed by atoms with van der Waals surface area (Å²) in [4.78, 5) is 10.8.